The van der Waals surface area contributed by atoms with Crippen LogP contribution in [0.25, 0.3) is 10.9 Å². The van der Waals surface area contributed by atoms with Gasteiger partial charge in [-0.1, -0.05) is 6.07 Å². The Bertz CT molecular complexity index is 1310. The molecule has 0 radical (unpaired) electrons. The van der Waals surface area contributed by atoms with Gasteiger partial charge in [0.2, 0.25) is 0 Å². The topological polar surface area (TPSA) is 255 Å². The molecule has 0 bridgehead atoms. The van der Waals surface area contributed by atoms with Gasteiger partial charge in [0, 0.05) is 12.0 Å². The zero-order chi connectivity index (χ0) is 24.8. The van der Waals surface area contributed by atoms with Gasteiger partial charge in [-0.25, -0.2) is 18.5 Å². The third-order valence-corrected chi connectivity index (χ3v) is 8.21. The van der Waals surface area contributed by atoms with Gasteiger partial charge < -0.3 is 34.4 Å². The third-order valence-electron chi connectivity index (χ3n) is 4.41. The summed E-state index contributed by atoms with van der Waals surface area (Å²) in [6.07, 6.45) is -3.48. The maximum Gasteiger partial charge on any atom is 0.490 e. The summed E-state index contributed by atoms with van der Waals surface area (Å²) < 4.78 is 51.2. The van der Waals surface area contributed by atoms with Gasteiger partial charge in [-0.2, -0.15) is 8.62 Å². The van der Waals surface area contributed by atoms with E-state index in [0.29, 0.717) is 11.1 Å². The molecule has 19 heteroatoms. The first-order chi connectivity index (χ1) is 15.1. The lowest BCUT2D eigenvalue weighted by molar-refractivity contribution is -0.0217. The molecule has 1 saturated heterocycles. The molecule has 7 N–H and O–H groups in total. The summed E-state index contributed by atoms with van der Waals surface area (Å²) in [7, 11) is -16.6. The Morgan fingerprint density at radius 1 is 1.06 bits per heavy atom. The molecule has 1 aromatic heterocycles. The molecule has 3 rings (SSSR count). The first kappa shape index (κ1) is 26.1. The Kier molecular flexibility index (Phi) is 7.33. The van der Waals surface area contributed by atoms with Gasteiger partial charge in [0.15, 0.2) is 0 Å². The molecular weight excluding hydrogens is 513 g/mol. The van der Waals surface area contributed by atoms with Crippen molar-refractivity contribution in [2.24, 2.45) is 0 Å². The minimum Gasteiger partial charge on any atom is -0.390 e. The summed E-state index contributed by atoms with van der Waals surface area (Å²) in [5.74, 6) is 0. The second-order valence-corrected chi connectivity index (χ2v) is 11.5. The van der Waals surface area contributed by atoms with Crippen LogP contribution in [0, 0.1) is 6.92 Å². The lowest BCUT2D eigenvalue weighted by Gasteiger charge is -2.19. The van der Waals surface area contributed by atoms with E-state index < -0.39 is 59.6 Å². The van der Waals surface area contributed by atoms with E-state index in [9.17, 15) is 33.3 Å². The third kappa shape index (κ3) is 6.76. The Morgan fingerprint density at radius 3 is 2.36 bits per heavy atom. The van der Waals surface area contributed by atoms with Crippen LogP contribution < -0.4 is 11.2 Å². The maximum atomic E-state index is 12.1. The maximum absolute atomic E-state index is 12.1. The standard InChI is InChI=1S/C14H19N2O14P3/c1-6-2-7(12-8(3-6)13(18)16-14(19)15-12)10-4-9(17)11(28-10)5-27-32(23,24)30-33(25,26)29-31(20,21)22/h2-3,9-11,17H,4-5H2,1H3,(H,23,24)(H,25,26)(H2,20,21,22)(H2,15,16,18,19)/t9-,10+,11+/m0/s1. The number of aliphatic hydroxyl groups is 1. The quantitative estimate of drug-likeness (QED) is 0.222. The van der Waals surface area contributed by atoms with Crippen LogP contribution in [0.15, 0.2) is 21.7 Å². The van der Waals surface area contributed by atoms with Crippen molar-refractivity contribution in [1.82, 2.24) is 9.97 Å². The molecule has 1 aliphatic rings. The normalized spacial score (nSPS) is 25.1. The monoisotopic (exact) mass is 532 g/mol. The van der Waals surface area contributed by atoms with Crippen molar-refractivity contribution in [2.45, 2.75) is 31.7 Å². The van der Waals surface area contributed by atoms with Crippen molar-refractivity contribution < 1.29 is 56.3 Å². The second-order valence-electron chi connectivity index (χ2n) is 7.04. The second kappa shape index (κ2) is 9.27. The Morgan fingerprint density at radius 2 is 1.73 bits per heavy atom. The molecule has 184 valence electrons. The fourth-order valence-corrected chi connectivity index (χ4v) is 6.28. The van der Waals surface area contributed by atoms with Gasteiger partial charge in [-0.05, 0) is 18.6 Å². The van der Waals surface area contributed by atoms with Crippen molar-refractivity contribution >= 4 is 34.4 Å². The van der Waals surface area contributed by atoms with E-state index in [-0.39, 0.29) is 17.3 Å². The van der Waals surface area contributed by atoms with Gasteiger partial charge in [-0.3, -0.25) is 14.3 Å². The molecule has 2 heterocycles. The zero-order valence-corrected chi connectivity index (χ0v) is 19.2. The Hall–Kier alpha value is -1.51. The summed E-state index contributed by atoms with van der Waals surface area (Å²) in [6.45, 7) is 0.841. The van der Waals surface area contributed by atoms with E-state index in [4.69, 9.17) is 19.4 Å². The zero-order valence-electron chi connectivity index (χ0n) is 16.6. The van der Waals surface area contributed by atoms with Crippen molar-refractivity contribution in [2.75, 3.05) is 6.61 Å². The molecule has 0 spiro atoms. The molecule has 1 fully saturated rings. The van der Waals surface area contributed by atoms with E-state index in [0.717, 1.165) is 0 Å². The molecular formula is C14H19N2O14P3. The van der Waals surface area contributed by atoms with Crippen LogP contribution in [0.1, 0.15) is 23.7 Å². The fraction of sp³-hybridized carbons (Fsp3) is 0.429. The van der Waals surface area contributed by atoms with Crippen molar-refractivity contribution in [3.63, 3.8) is 0 Å². The fourth-order valence-electron chi connectivity index (χ4n) is 3.25. The minimum absolute atomic E-state index is 0.0716. The number of aryl methyl sites for hydroxylation is 1. The number of aliphatic hydroxyl groups excluding tert-OH is 1. The van der Waals surface area contributed by atoms with Gasteiger partial charge in [0.1, 0.15) is 6.10 Å². The van der Waals surface area contributed by atoms with E-state index in [1.165, 1.54) is 6.07 Å². The molecule has 1 aliphatic heterocycles. The highest BCUT2D eigenvalue weighted by Gasteiger charge is 2.43. The molecule has 33 heavy (non-hydrogen) atoms. The van der Waals surface area contributed by atoms with Crippen molar-refractivity contribution in [3.8, 4) is 0 Å². The van der Waals surface area contributed by atoms with Crippen LogP contribution in [0.2, 0.25) is 0 Å². The number of fused-ring (bicyclic) bond motifs is 1. The van der Waals surface area contributed by atoms with E-state index >= 15 is 0 Å². The molecule has 1 aromatic carbocycles. The molecule has 5 atom stereocenters. The Balaban J connectivity index is 1.75. The highest BCUT2D eigenvalue weighted by atomic mass is 31.3. The molecule has 2 aromatic rings. The molecule has 0 amide bonds. The number of aromatic amines is 2. The number of hydrogen-bond acceptors (Lipinski definition) is 10. The van der Waals surface area contributed by atoms with Gasteiger partial charge in [-0.15, -0.1) is 0 Å². The van der Waals surface area contributed by atoms with Crippen LogP contribution >= 0.6 is 23.5 Å². The van der Waals surface area contributed by atoms with Gasteiger partial charge in [0.25, 0.3) is 5.56 Å². The van der Waals surface area contributed by atoms with E-state index in [1.807, 2.05) is 0 Å². The summed E-state index contributed by atoms with van der Waals surface area (Å²) >= 11 is 0. The number of rotatable bonds is 8. The molecule has 0 aliphatic carbocycles. The molecule has 0 saturated carbocycles. The smallest absolute Gasteiger partial charge is 0.390 e. The highest BCUT2D eigenvalue weighted by molar-refractivity contribution is 7.66. The average Bonchev–Trinajstić information content (AvgIpc) is 2.98. The lowest BCUT2D eigenvalue weighted by Crippen LogP contribution is -2.26. The average molecular weight is 532 g/mol. The summed E-state index contributed by atoms with van der Waals surface area (Å²) in [5.41, 5.74) is -0.236. The number of phosphoric acid groups is 3. The number of nitrogens with one attached hydrogen (secondary N) is 2. The predicted molar refractivity (Wildman–Crippen MR) is 108 cm³/mol. The van der Waals surface area contributed by atoms with E-state index in [1.54, 1.807) is 13.0 Å². The number of benzene rings is 1. The number of aromatic nitrogens is 2. The summed E-state index contributed by atoms with van der Waals surface area (Å²) in [5, 5.41) is 10.4. The summed E-state index contributed by atoms with van der Waals surface area (Å²) in [6, 6.07) is 3.14. The number of H-pyrrole nitrogens is 2. The largest absolute Gasteiger partial charge is 0.490 e. The first-order valence-corrected chi connectivity index (χ1v) is 13.5. The first-order valence-electron chi connectivity index (χ1n) is 8.94. The van der Waals surface area contributed by atoms with Gasteiger partial charge >= 0.3 is 29.2 Å². The van der Waals surface area contributed by atoms with Crippen LogP contribution in [0.4, 0.5) is 0 Å². The van der Waals surface area contributed by atoms with Gasteiger partial charge in [0.05, 0.1) is 29.7 Å². The van der Waals surface area contributed by atoms with Crippen LogP contribution in [0.5, 0.6) is 0 Å². The number of phosphoric ester groups is 1. The number of ether oxygens (including phenoxy) is 1. The predicted octanol–water partition coefficient (Wildman–Crippen LogP) is 0.0590. The highest BCUT2D eigenvalue weighted by Crippen LogP contribution is 2.66. The van der Waals surface area contributed by atoms with Crippen LogP contribution in [0.3, 0.4) is 0 Å². The number of hydrogen-bond donors (Lipinski definition) is 7. The molecule has 2 unspecified atom stereocenters. The van der Waals surface area contributed by atoms with Crippen LogP contribution in [-0.2, 0) is 31.6 Å². The lowest BCUT2D eigenvalue weighted by atomic mass is 9.99. The minimum atomic E-state index is -5.69. The van der Waals surface area contributed by atoms with E-state index in [2.05, 4.69) is 23.1 Å². The summed E-state index contributed by atoms with van der Waals surface area (Å²) in [4.78, 5) is 64.1. The SMILES string of the molecule is Cc1cc([C@H]2C[C@H](O)[C@@H](COP(=O)(O)OP(=O)(O)OP(=O)(O)O)O2)c2[nH]c(=O)[nH]c(=O)c2c1. The van der Waals surface area contributed by atoms with Crippen molar-refractivity contribution in [3.05, 3.63) is 44.1 Å². The molecule has 16 nitrogen and oxygen atoms in total. The van der Waals surface area contributed by atoms with Crippen LogP contribution in [-0.4, -0.2) is 53.5 Å². The Labute approximate surface area is 183 Å². The van der Waals surface area contributed by atoms with Crippen molar-refractivity contribution in [1.29, 1.82) is 0 Å².